The van der Waals surface area contributed by atoms with Crippen molar-refractivity contribution in [2.75, 3.05) is 19.8 Å². The first-order valence-electron chi connectivity index (χ1n) is 23.8. The average Bonchev–Trinajstić information content (AvgIpc) is 3.91. The lowest BCUT2D eigenvalue weighted by molar-refractivity contribution is -0.152. The molecule has 3 aliphatic rings. The van der Waals surface area contributed by atoms with Gasteiger partial charge in [-0.1, -0.05) is 70.0 Å². The lowest BCUT2D eigenvalue weighted by Gasteiger charge is -2.33. The summed E-state index contributed by atoms with van der Waals surface area (Å²) in [4.78, 5) is 105. The van der Waals surface area contributed by atoms with Gasteiger partial charge in [-0.05, 0) is 119 Å². The van der Waals surface area contributed by atoms with Crippen molar-refractivity contribution < 1.29 is 52.6 Å². The molecule has 3 aromatic carbocycles. The van der Waals surface area contributed by atoms with Crippen LogP contribution in [-0.4, -0.2) is 94.6 Å². The Hall–Kier alpha value is -6.02. The van der Waals surface area contributed by atoms with Gasteiger partial charge < -0.3 is 19.1 Å². The molecule has 2 fully saturated rings. The van der Waals surface area contributed by atoms with E-state index in [0.29, 0.717) is 44.4 Å². The van der Waals surface area contributed by atoms with Crippen molar-refractivity contribution in [2.45, 2.75) is 149 Å². The van der Waals surface area contributed by atoms with Gasteiger partial charge in [-0.15, -0.1) is 0 Å². The van der Waals surface area contributed by atoms with E-state index < -0.39 is 41.0 Å². The number of hydrogen-bond donors (Lipinski definition) is 1. The van der Waals surface area contributed by atoms with E-state index in [-0.39, 0.29) is 85.0 Å². The van der Waals surface area contributed by atoms with E-state index in [1.165, 1.54) is 28.8 Å². The summed E-state index contributed by atoms with van der Waals surface area (Å²) in [5, 5.41) is 2.17. The van der Waals surface area contributed by atoms with Gasteiger partial charge in [-0.25, -0.2) is 0 Å². The van der Waals surface area contributed by atoms with Crippen LogP contribution in [0.1, 0.15) is 154 Å². The molecule has 3 aliphatic heterocycles. The monoisotopic (exact) mass is 919 g/mol. The molecule has 0 saturated carbocycles. The summed E-state index contributed by atoms with van der Waals surface area (Å²) in [7, 11) is 0. The quantitative estimate of drug-likeness (QED) is 0.0528. The van der Waals surface area contributed by atoms with Crippen LogP contribution in [0.2, 0.25) is 0 Å². The molecule has 0 radical (unpaired) electrons. The highest BCUT2D eigenvalue weighted by Gasteiger charge is 2.46. The Morgan fingerprint density at radius 2 is 1.52 bits per heavy atom. The summed E-state index contributed by atoms with van der Waals surface area (Å²) in [6.45, 7) is 11.9. The minimum Gasteiger partial charge on any atom is -0.486 e. The Bertz CT molecular complexity index is 2370. The molecule has 0 aromatic heterocycles. The van der Waals surface area contributed by atoms with Gasteiger partial charge in [0.15, 0.2) is 11.6 Å². The van der Waals surface area contributed by atoms with E-state index in [2.05, 4.69) is 37.4 Å². The minimum atomic E-state index is -1.10. The van der Waals surface area contributed by atoms with Crippen LogP contribution in [0, 0.1) is 19.3 Å². The molecule has 0 aliphatic carbocycles. The molecule has 3 aromatic rings. The second-order valence-corrected chi connectivity index (χ2v) is 18.8. The van der Waals surface area contributed by atoms with E-state index in [0.717, 1.165) is 42.6 Å². The molecule has 0 spiro atoms. The lowest BCUT2D eigenvalue weighted by Crippen LogP contribution is -2.54. The zero-order chi connectivity index (χ0) is 48.4. The number of Topliss-reactive ketones (excluding diaryl/α,β-unsaturated/α-hetero) is 3. The minimum absolute atomic E-state index is 0.00692. The number of ketones is 3. The maximum Gasteiger partial charge on any atom is 0.290 e. The van der Waals surface area contributed by atoms with Crippen LogP contribution < -0.4 is 14.8 Å². The number of amides is 5. The highest BCUT2D eigenvalue weighted by atomic mass is 16.5. The third-order valence-corrected chi connectivity index (χ3v) is 13.5. The van der Waals surface area contributed by atoms with Crippen LogP contribution in [0.25, 0.3) is 0 Å². The topological polar surface area (TPSA) is 183 Å². The molecule has 2 saturated heterocycles. The Labute approximate surface area is 393 Å². The second kappa shape index (κ2) is 22.6. The number of imide groups is 2. The van der Waals surface area contributed by atoms with Crippen molar-refractivity contribution in [1.82, 2.24) is 15.1 Å². The fraction of sp³-hybridized carbons (Fsp3) is 0.509. The number of aryl methyl sites for hydroxylation is 3. The summed E-state index contributed by atoms with van der Waals surface area (Å²) in [5.41, 5.74) is 3.87. The van der Waals surface area contributed by atoms with Crippen molar-refractivity contribution in [2.24, 2.45) is 5.41 Å². The number of unbranched alkanes of at least 4 members (excludes halogenated alkanes) is 3. The summed E-state index contributed by atoms with van der Waals surface area (Å²) < 4.78 is 18.6. The van der Waals surface area contributed by atoms with Crippen LogP contribution in [-0.2, 0) is 39.9 Å². The van der Waals surface area contributed by atoms with Gasteiger partial charge in [-0.2, -0.15) is 0 Å². The number of carbonyl (C=O) groups excluding carboxylic acids is 8. The van der Waals surface area contributed by atoms with Crippen molar-refractivity contribution in [3.05, 3.63) is 94.0 Å². The Balaban J connectivity index is 0.954. The molecule has 0 bridgehead atoms. The highest BCUT2D eigenvalue weighted by Crippen LogP contribution is 2.35. The average molecular weight is 920 g/mol. The predicted molar refractivity (Wildman–Crippen MR) is 250 cm³/mol. The molecule has 3 heterocycles. The number of ether oxygens (including phenoxy) is 3. The van der Waals surface area contributed by atoms with Gasteiger partial charge in [0.2, 0.25) is 17.6 Å². The molecule has 6 rings (SSSR count). The van der Waals surface area contributed by atoms with Crippen LogP contribution in [0.5, 0.6) is 11.5 Å². The number of rotatable bonds is 24. The van der Waals surface area contributed by atoms with Gasteiger partial charge in [0, 0.05) is 31.2 Å². The van der Waals surface area contributed by atoms with Crippen molar-refractivity contribution >= 4 is 46.9 Å². The van der Waals surface area contributed by atoms with E-state index in [1.54, 1.807) is 11.0 Å². The first-order valence-corrected chi connectivity index (χ1v) is 23.8. The van der Waals surface area contributed by atoms with E-state index >= 15 is 0 Å². The Morgan fingerprint density at radius 1 is 0.821 bits per heavy atom. The normalized spacial score (nSPS) is 18.1. The number of piperidine rings is 1. The predicted octanol–water partition coefficient (Wildman–Crippen LogP) is 7.72. The van der Waals surface area contributed by atoms with Gasteiger partial charge >= 0.3 is 0 Å². The standard InChI is InChI=1S/C53H65N3O11/c1-7-53(5,6)48(60)52(64)55-28-14-20-42(55)35(4)67-44(26-24-36-23-22-33(2)34(3)29-36)37-15-12-18-40(30-37)65-31-38(57)16-10-8-9-11-17-39(58)32-66-45-21-13-19-41-47(45)51(63)56(50(41)62)43-25-27-46(59)54-49(43)61/h12-13,15,18-19,21-23,29-30,35,42-44H,7-11,14,16-17,20,24-28,31-32H2,1-6H3,(H,54,59,61)/t35?,42-,43?,44+/m0/s1. The van der Waals surface area contributed by atoms with Gasteiger partial charge in [0.05, 0.1) is 29.4 Å². The van der Waals surface area contributed by atoms with Crippen molar-refractivity contribution in [3.8, 4) is 11.5 Å². The molecule has 67 heavy (non-hydrogen) atoms. The molecule has 5 amide bonds. The first-order chi connectivity index (χ1) is 32.0. The van der Waals surface area contributed by atoms with Gasteiger partial charge in [-0.3, -0.25) is 48.6 Å². The van der Waals surface area contributed by atoms with Crippen LogP contribution >= 0.6 is 0 Å². The fourth-order valence-corrected chi connectivity index (χ4v) is 8.91. The molecule has 14 heteroatoms. The molecular formula is C53H65N3O11. The van der Waals surface area contributed by atoms with Gasteiger partial charge in [0.25, 0.3) is 17.7 Å². The fourth-order valence-electron chi connectivity index (χ4n) is 8.91. The van der Waals surface area contributed by atoms with E-state index in [4.69, 9.17) is 14.2 Å². The van der Waals surface area contributed by atoms with Gasteiger partial charge in [0.1, 0.15) is 30.8 Å². The van der Waals surface area contributed by atoms with Crippen LogP contribution in [0.3, 0.4) is 0 Å². The third-order valence-electron chi connectivity index (χ3n) is 13.5. The maximum absolute atomic E-state index is 13.5. The number of hydrogen-bond acceptors (Lipinski definition) is 11. The Kier molecular flexibility index (Phi) is 17.0. The summed E-state index contributed by atoms with van der Waals surface area (Å²) in [6, 6.07) is 17.2. The second-order valence-electron chi connectivity index (χ2n) is 18.8. The number of nitrogens with zero attached hydrogens (tertiary/aromatic N) is 2. The molecular weight excluding hydrogens is 855 g/mol. The van der Waals surface area contributed by atoms with Crippen LogP contribution in [0.15, 0.2) is 60.7 Å². The number of likely N-dealkylation sites (tertiary alicyclic amines) is 1. The number of benzene rings is 3. The lowest BCUT2D eigenvalue weighted by atomic mass is 9.84. The SMILES string of the molecule is CCC(C)(C)C(=O)C(=O)N1CCC[C@H]1C(C)O[C@H](CCc1ccc(C)c(C)c1)c1cccc(OCC(=O)CCCCCCC(=O)COc2cccc3c2C(=O)N(C2CCC(=O)NC2=O)C3=O)c1. The van der Waals surface area contributed by atoms with Crippen LogP contribution in [0.4, 0.5) is 0 Å². The molecule has 358 valence electrons. The zero-order valence-electron chi connectivity index (χ0n) is 39.8. The molecule has 4 atom stereocenters. The number of fused-ring (bicyclic) bond motifs is 1. The van der Waals surface area contributed by atoms with E-state index in [9.17, 15) is 38.4 Å². The number of nitrogens with one attached hydrogen (secondary N) is 1. The summed E-state index contributed by atoms with van der Waals surface area (Å²) in [6.07, 6.45) is 6.14. The largest absolute Gasteiger partial charge is 0.486 e. The molecule has 14 nitrogen and oxygen atoms in total. The first kappa shape index (κ1) is 50.4. The van der Waals surface area contributed by atoms with Crippen molar-refractivity contribution in [3.63, 3.8) is 0 Å². The Morgan fingerprint density at radius 3 is 2.21 bits per heavy atom. The third kappa shape index (κ3) is 12.5. The molecule has 2 unspecified atom stereocenters. The summed E-state index contributed by atoms with van der Waals surface area (Å²) >= 11 is 0. The van der Waals surface area contributed by atoms with E-state index in [1.807, 2.05) is 52.0 Å². The smallest absolute Gasteiger partial charge is 0.290 e. The maximum atomic E-state index is 13.5. The molecule has 1 N–H and O–H groups in total. The number of carbonyl (C=O) groups is 8. The summed E-state index contributed by atoms with van der Waals surface area (Å²) in [5.74, 6) is -2.94. The highest BCUT2D eigenvalue weighted by molar-refractivity contribution is 6.38. The van der Waals surface area contributed by atoms with Crippen molar-refractivity contribution in [1.29, 1.82) is 0 Å². The zero-order valence-corrected chi connectivity index (χ0v) is 39.8.